The SMILES string of the molecule is Cc1nnc(C(=O)N(C)C2CCCN3C(=O)C(=O)C(C(=O)NCc4ccc(F)cc4)N=C23)s1. The molecule has 12 heteroatoms. The Labute approximate surface area is 192 Å². The molecule has 0 spiro atoms. The number of likely N-dealkylation sites (N-methyl/N-ethyl adjacent to an activating group) is 1. The van der Waals surface area contributed by atoms with Crippen LogP contribution < -0.4 is 5.32 Å². The number of hydrogen-bond donors (Lipinski definition) is 1. The number of hydrogen-bond acceptors (Lipinski definition) is 8. The minimum Gasteiger partial charge on any atom is -0.350 e. The van der Waals surface area contributed by atoms with Crippen LogP contribution in [0.3, 0.4) is 0 Å². The van der Waals surface area contributed by atoms with Crippen molar-refractivity contribution in [3.8, 4) is 0 Å². The van der Waals surface area contributed by atoms with Crippen molar-refractivity contribution in [3.63, 3.8) is 0 Å². The number of nitrogens with zero attached hydrogens (tertiary/aromatic N) is 5. The summed E-state index contributed by atoms with van der Waals surface area (Å²) in [6, 6.07) is 3.38. The maximum Gasteiger partial charge on any atom is 0.298 e. The number of aryl methyl sites for hydroxylation is 1. The summed E-state index contributed by atoms with van der Waals surface area (Å²) in [5.41, 5.74) is 0.627. The molecule has 3 amide bonds. The number of Topliss-reactive ketones (excluding diaryl/α,β-unsaturated/α-hetero) is 1. The summed E-state index contributed by atoms with van der Waals surface area (Å²) >= 11 is 1.15. The highest BCUT2D eigenvalue weighted by atomic mass is 32.1. The van der Waals surface area contributed by atoms with Crippen molar-refractivity contribution in [2.75, 3.05) is 13.6 Å². The van der Waals surface area contributed by atoms with Crippen LogP contribution in [0, 0.1) is 12.7 Å². The van der Waals surface area contributed by atoms with Crippen LogP contribution in [0.25, 0.3) is 0 Å². The highest BCUT2D eigenvalue weighted by Gasteiger charge is 2.45. The molecule has 0 bridgehead atoms. The highest BCUT2D eigenvalue weighted by molar-refractivity contribution is 7.13. The molecule has 1 fully saturated rings. The van der Waals surface area contributed by atoms with Gasteiger partial charge in [0.1, 0.15) is 16.7 Å². The van der Waals surface area contributed by atoms with Crippen LogP contribution in [0.4, 0.5) is 4.39 Å². The van der Waals surface area contributed by atoms with E-state index in [2.05, 4.69) is 20.5 Å². The molecule has 1 saturated heterocycles. The maximum atomic E-state index is 13.1. The fourth-order valence-corrected chi connectivity index (χ4v) is 4.45. The Bertz CT molecular complexity index is 1150. The summed E-state index contributed by atoms with van der Waals surface area (Å²) in [4.78, 5) is 57.9. The number of carbonyl (C=O) groups excluding carboxylic acids is 4. The zero-order valence-corrected chi connectivity index (χ0v) is 18.8. The smallest absolute Gasteiger partial charge is 0.298 e. The third-order valence-corrected chi connectivity index (χ3v) is 6.35. The van der Waals surface area contributed by atoms with Crippen molar-refractivity contribution in [1.82, 2.24) is 25.3 Å². The quantitative estimate of drug-likeness (QED) is 0.505. The van der Waals surface area contributed by atoms with Gasteiger partial charge in [0.2, 0.25) is 5.01 Å². The lowest BCUT2D eigenvalue weighted by atomic mass is 9.98. The van der Waals surface area contributed by atoms with Crippen molar-refractivity contribution >= 4 is 40.7 Å². The van der Waals surface area contributed by atoms with Crippen LogP contribution in [-0.4, -0.2) is 75.0 Å². The number of ketones is 1. The summed E-state index contributed by atoms with van der Waals surface area (Å²) in [5.74, 6) is -3.05. The Balaban J connectivity index is 1.55. The van der Waals surface area contributed by atoms with E-state index in [-0.39, 0.29) is 29.8 Å². The number of halogens is 1. The summed E-state index contributed by atoms with van der Waals surface area (Å²) in [5, 5.41) is 11.2. The van der Waals surface area contributed by atoms with E-state index in [1.165, 1.54) is 34.1 Å². The first-order valence-corrected chi connectivity index (χ1v) is 11.1. The maximum absolute atomic E-state index is 13.1. The van der Waals surface area contributed by atoms with E-state index >= 15 is 0 Å². The third kappa shape index (κ3) is 4.51. The molecule has 4 rings (SSSR count). The number of aromatic nitrogens is 2. The predicted molar refractivity (Wildman–Crippen MR) is 116 cm³/mol. The van der Waals surface area contributed by atoms with E-state index in [1.807, 2.05) is 0 Å². The van der Waals surface area contributed by atoms with Gasteiger partial charge in [-0.3, -0.25) is 24.1 Å². The van der Waals surface area contributed by atoms with E-state index in [0.29, 0.717) is 23.4 Å². The van der Waals surface area contributed by atoms with Gasteiger partial charge in [0.15, 0.2) is 6.04 Å². The van der Waals surface area contributed by atoms with E-state index in [0.717, 1.165) is 11.3 Å². The summed E-state index contributed by atoms with van der Waals surface area (Å²) < 4.78 is 13.1. The van der Waals surface area contributed by atoms with Gasteiger partial charge in [-0.25, -0.2) is 9.38 Å². The Kier molecular flexibility index (Phi) is 6.27. The van der Waals surface area contributed by atoms with Crippen LogP contribution in [0.15, 0.2) is 29.3 Å². The molecular formula is C21H21FN6O4S. The zero-order valence-electron chi connectivity index (χ0n) is 17.9. The van der Waals surface area contributed by atoms with Crippen molar-refractivity contribution in [3.05, 3.63) is 45.7 Å². The molecule has 0 aliphatic carbocycles. The molecule has 2 aliphatic heterocycles. The lowest BCUT2D eigenvalue weighted by Gasteiger charge is -2.40. The number of rotatable bonds is 5. The number of amidine groups is 1. The Morgan fingerprint density at radius 2 is 1.97 bits per heavy atom. The molecule has 10 nitrogen and oxygen atoms in total. The molecule has 1 aromatic heterocycles. The monoisotopic (exact) mass is 472 g/mol. The van der Waals surface area contributed by atoms with E-state index < -0.39 is 35.5 Å². The fraction of sp³-hybridized carbons (Fsp3) is 0.381. The van der Waals surface area contributed by atoms with Gasteiger partial charge >= 0.3 is 0 Å². The first-order valence-electron chi connectivity index (χ1n) is 10.3. The molecule has 33 heavy (non-hydrogen) atoms. The van der Waals surface area contributed by atoms with Crippen molar-refractivity contribution < 1.29 is 23.6 Å². The van der Waals surface area contributed by atoms with E-state index in [4.69, 9.17) is 0 Å². The second kappa shape index (κ2) is 9.14. The number of piperidine rings is 1. The Hall–Kier alpha value is -3.54. The average molecular weight is 473 g/mol. The van der Waals surface area contributed by atoms with E-state index in [1.54, 1.807) is 14.0 Å². The topological polar surface area (TPSA) is 125 Å². The second-order valence-electron chi connectivity index (χ2n) is 7.76. The number of amides is 3. The largest absolute Gasteiger partial charge is 0.350 e. The molecule has 0 radical (unpaired) electrons. The van der Waals surface area contributed by atoms with Crippen LogP contribution in [0.1, 0.15) is 33.2 Å². The molecule has 1 aromatic carbocycles. The van der Waals surface area contributed by atoms with Gasteiger partial charge in [0, 0.05) is 20.1 Å². The number of fused-ring (bicyclic) bond motifs is 1. The van der Waals surface area contributed by atoms with Gasteiger partial charge in [0.25, 0.3) is 23.5 Å². The molecule has 2 unspecified atom stereocenters. The van der Waals surface area contributed by atoms with Crippen molar-refractivity contribution in [2.45, 2.75) is 38.4 Å². The van der Waals surface area contributed by atoms with Crippen LogP contribution in [-0.2, 0) is 20.9 Å². The normalized spacial score (nSPS) is 20.2. The molecule has 0 saturated carbocycles. The number of nitrogens with one attached hydrogen (secondary N) is 1. The Morgan fingerprint density at radius 3 is 2.64 bits per heavy atom. The van der Waals surface area contributed by atoms with Gasteiger partial charge in [0.05, 0.1) is 6.04 Å². The minimum absolute atomic E-state index is 0.0455. The number of benzene rings is 1. The highest BCUT2D eigenvalue weighted by Crippen LogP contribution is 2.24. The molecule has 2 aromatic rings. The third-order valence-electron chi connectivity index (χ3n) is 5.52. The van der Waals surface area contributed by atoms with E-state index in [9.17, 15) is 23.6 Å². The molecule has 1 N–H and O–H groups in total. The standard InChI is InChI=1S/C21H21FN6O4S/c1-11-25-26-19(33-11)21(32)27(2)14-4-3-9-28-17(14)24-15(16(29)20(28)31)18(30)23-10-12-5-7-13(22)8-6-12/h5-8,14-15H,3-4,9-10H2,1-2H3,(H,23,30). The zero-order chi connectivity index (χ0) is 23.7. The lowest BCUT2D eigenvalue weighted by Crippen LogP contribution is -2.61. The molecule has 172 valence electrons. The molecule has 2 aliphatic rings. The van der Waals surface area contributed by atoms with Crippen molar-refractivity contribution in [2.24, 2.45) is 4.99 Å². The summed E-state index contributed by atoms with van der Waals surface area (Å²) in [7, 11) is 1.57. The minimum atomic E-state index is -1.54. The van der Waals surface area contributed by atoms with Crippen LogP contribution >= 0.6 is 11.3 Å². The average Bonchev–Trinajstić information content (AvgIpc) is 3.25. The first kappa shape index (κ1) is 22.6. The van der Waals surface area contributed by atoms with Gasteiger partial charge in [-0.2, -0.15) is 0 Å². The Morgan fingerprint density at radius 1 is 1.24 bits per heavy atom. The van der Waals surface area contributed by atoms with Crippen LogP contribution in [0.2, 0.25) is 0 Å². The first-order chi connectivity index (χ1) is 15.8. The van der Waals surface area contributed by atoms with Crippen molar-refractivity contribution in [1.29, 1.82) is 0 Å². The number of aliphatic imine (C=N–C) groups is 1. The second-order valence-corrected chi connectivity index (χ2v) is 8.94. The van der Waals surface area contributed by atoms with Gasteiger partial charge in [-0.05, 0) is 37.5 Å². The fourth-order valence-electron chi connectivity index (χ4n) is 3.78. The molecule has 2 atom stereocenters. The van der Waals surface area contributed by atoms with Gasteiger partial charge in [-0.15, -0.1) is 10.2 Å². The molecule has 3 heterocycles. The van der Waals surface area contributed by atoms with Gasteiger partial charge in [-0.1, -0.05) is 23.5 Å². The van der Waals surface area contributed by atoms with Crippen LogP contribution in [0.5, 0.6) is 0 Å². The summed E-state index contributed by atoms with van der Waals surface area (Å²) in [6.45, 7) is 2.06. The molecular weight excluding hydrogens is 451 g/mol. The lowest BCUT2D eigenvalue weighted by molar-refractivity contribution is -0.146. The predicted octanol–water partition coefficient (Wildman–Crippen LogP) is 0.715. The van der Waals surface area contributed by atoms with Gasteiger partial charge < -0.3 is 10.2 Å². The summed E-state index contributed by atoms with van der Waals surface area (Å²) in [6.07, 6.45) is 1.08. The number of carbonyl (C=O) groups is 4.